The van der Waals surface area contributed by atoms with Crippen LogP contribution in [0.15, 0.2) is 12.7 Å². The van der Waals surface area contributed by atoms with Gasteiger partial charge in [-0.3, -0.25) is 9.59 Å². The summed E-state index contributed by atoms with van der Waals surface area (Å²) in [4.78, 5) is 32.5. The molecule has 0 saturated carbocycles. The highest BCUT2D eigenvalue weighted by Crippen LogP contribution is 2.00. The zero-order valence-corrected chi connectivity index (χ0v) is 9.23. The summed E-state index contributed by atoms with van der Waals surface area (Å²) in [5.41, 5.74) is 0. The lowest BCUT2D eigenvalue weighted by atomic mass is 10.3. The van der Waals surface area contributed by atoms with Gasteiger partial charge in [0.25, 0.3) is 0 Å². The number of hydrogen-bond donors (Lipinski definition) is 0. The van der Waals surface area contributed by atoms with Crippen molar-refractivity contribution in [2.75, 3.05) is 7.11 Å². The van der Waals surface area contributed by atoms with E-state index in [2.05, 4.69) is 20.8 Å². The standard InChI is InChI=1S/C10H14O6/c1-4-8(11)15-7(2)16-10(13)6-5-9(12)14-3/h4,7H,1,5-6H2,2-3H3. The molecule has 0 aliphatic carbocycles. The van der Waals surface area contributed by atoms with E-state index in [1.54, 1.807) is 0 Å². The number of rotatable bonds is 6. The average molecular weight is 230 g/mol. The third-order valence-electron chi connectivity index (χ3n) is 1.51. The first-order chi connectivity index (χ1) is 7.49. The predicted octanol–water partition coefficient (Wildman–Crippen LogP) is 0.558. The topological polar surface area (TPSA) is 78.9 Å². The molecule has 6 nitrogen and oxygen atoms in total. The second-order valence-electron chi connectivity index (χ2n) is 2.77. The Morgan fingerprint density at radius 3 is 2.25 bits per heavy atom. The van der Waals surface area contributed by atoms with Gasteiger partial charge in [-0.15, -0.1) is 0 Å². The molecule has 0 saturated heterocycles. The van der Waals surface area contributed by atoms with Crippen LogP contribution in [0, 0.1) is 0 Å². The van der Waals surface area contributed by atoms with Crippen molar-refractivity contribution in [2.24, 2.45) is 0 Å². The minimum atomic E-state index is -1.00. The maximum Gasteiger partial charge on any atom is 0.333 e. The SMILES string of the molecule is C=CC(=O)OC(C)OC(=O)CCC(=O)OC. The number of methoxy groups -OCH3 is 1. The fourth-order valence-corrected chi connectivity index (χ4v) is 0.786. The smallest absolute Gasteiger partial charge is 0.333 e. The van der Waals surface area contributed by atoms with Crippen LogP contribution >= 0.6 is 0 Å². The first-order valence-corrected chi connectivity index (χ1v) is 4.59. The molecule has 0 heterocycles. The van der Waals surface area contributed by atoms with Crippen LogP contribution < -0.4 is 0 Å². The second-order valence-corrected chi connectivity index (χ2v) is 2.77. The summed E-state index contributed by atoms with van der Waals surface area (Å²) in [6.07, 6.45) is -0.241. The maximum absolute atomic E-state index is 11.1. The van der Waals surface area contributed by atoms with Crippen molar-refractivity contribution in [3.63, 3.8) is 0 Å². The van der Waals surface area contributed by atoms with E-state index in [1.807, 2.05) is 0 Å². The van der Waals surface area contributed by atoms with Crippen LogP contribution in [-0.4, -0.2) is 31.3 Å². The highest BCUT2D eigenvalue weighted by atomic mass is 16.7. The van der Waals surface area contributed by atoms with Gasteiger partial charge in [0, 0.05) is 13.0 Å². The quantitative estimate of drug-likeness (QED) is 0.377. The van der Waals surface area contributed by atoms with Gasteiger partial charge in [-0.1, -0.05) is 6.58 Å². The minimum Gasteiger partial charge on any atom is -0.469 e. The van der Waals surface area contributed by atoms with Crippen LogP contribution in [0.25, 0.3) is 0 Å². The summed E-state index contributed by atoms with van der Waals surface area (Å²) in [6.45, 7) is 4.57. The van der Waals surface area contributed by atoms with Gasteiger partial charge < -0.3 is 14.2 Å². The minimum absolute atomic E-state index is 0.0720. The summed E-state index contributed by atoms with van der Waals surface area (Å²) in [6, 6.07) is 0. The molecule has 0 bridgehead atoms. The van der Waals surface area contributed by atoms with Gasteiger partial charge in [0.05, 0.1) is 20.0 Å². The van der Waals surface area contributed by atoms with Gasteiger partial charge in [-0.2, -0.15) is 0 Å². The number of carbonyl (C=O) groups excluding carboxylic acids is 3. The molecule has 16 heavy (non-hydrogen) atoms. The fourth-order valence-electron chi connectivity index (χ4n) is 0.786. The molecule has 90 valence electrons. The number of ether oxygens (including phenoxy) is 3. The number of carbonyl (C=O) groups is 3. The van der Waals surface area contributed by atoms with Crippen molar-refractivity contribution in [1.82, 2.24) is 0 Å². The van der Waals surface area contributed by atoms with Gasteiger partial charge in [0.2, 0.25) is 6.29 Å². The maximum atomic E-state index is 11.1. The van der Waals surface area contributed by atoms with Crippen LogP contribution in [0.3, 0.4) is 0 Å². The van der Waals surface area contributed by atoms with Crippen LogP contribution in [0.5, 0.6) is 0 Å². The van der Waals surface area contributed by atoms with E-state index >= 15 is 0 Å². The average Bonchev–Trinajstić information content (AvgIpc) is 2.25. The van der Waals surface area contributed by atoms with Crippen molar-refractivity contribution in [2.45, 2.75) is 26.1 Å². The lowest BCUT2D eigenvalue weighted by molar-refractivity contribution is -0.181. The Labute approximate surface area is 93.2 Å². The Morgan fingerprint density at radius 2 is 1.75 bits per heavy atom. The van der Waals surface area contributed by atoms with Crippen molar-refractivity contribution >= 4 is 17.9 Å². The largest absolute Gasteiger partial charge is 0.469 e. The van der Waals surface area contributed by atoms with Crippen molar-refractivity contribution in [1.29, 1.82) is 0 Å². The molecule has 6 heteroatoms. The van der Waals surface area contributed by atoms with Gasteiger partial charge in [-0.25, -0.2) is 4.79 Å². The van der Waals surface area contributed by atoms with E-state index in [4.69, 9.17) is 0 Å². The summed E-state index contributed by atoms with van der Waals surface area (Å²) in [5.74, 6) is -1.84. The first kappa shape index (κ1) is 14.2. The van der Waals surface area contributed by atoms with E-state index in [0.29, 0.717) is 0 Å². The molecule has 0 fully saturated rings. The molecule has 0 spiro atoms. The van der Waals surface area contributed by atoms with Crippen LogP contribution in [-0.2, 0) is 28.6 Å². The second kappa shape index (κ2) is 7.44. The normalized spacial score (nSPS) is 11.1. The monoisotopic (exact) mass is 230 g/mol. The van der Waals surface area contributed by atoms with Crippen molar-refractivity contribution < 1.29 is 28.6 Å². The molecule has 0 radical (unpaired) electrons. The highest BCUT2D eigenvalue weighted by Gasteiger charge is 2.13. The predicted molar refractivity (Wildman–Crippen MR) is 53.1 cm³/mol. The molecule has 0 amide bonds. The molecule has 1 atom stereocenters. The molecular formula is C10H14O6. The zero-order chi connectivity index (χ0) is 12.6. The molecule has 0 aromatic heterocycles. The number of esters is 3. The third kappa shape index (κ3) is 6.58. The Bertz CT molecular complexity index is 283. The van der Waals surface area contributed by atoms with Crippen LogP contribution in [0.1, 0.15) is 19.8 Å². The summed E-state index contributed by atoms with van der Waals surface area (Å²) in [7, 11) is 1.22. The molecule has 0 N–H and O–H groups in total. The molecule has 0 aromatic rings. The number of hydrogen-bond acceptors (Lipinski definition) is 6. The lowest BCUT2D eigenvalue weighted by Crippen LogP contribution is -2.21. The Balaban J connectivity index is 3.82. The fraction of sp³-hybridized carbons (Fsp3) is 0.500. The molecule has 0 aromatic carbocycles. The summed E-state index contributed by atoms with van der Waals surface area (Å²) in [5, 5.41) is 0. The third-order valence-corrected chi connectivity index (χ3v) is 1.51. The van der Waals surface area contributed by atoms with Gasteiger partial charge >= 0.3 is 17.9 Å². The van der Waals surface area contributed by atoms with E-state index in [1.165, 1.54) is 14.0 Å². The Hall–Kier alpha value is -1.85. The Morgan fingerprint density at radius 1 is 1.19 bits per heavy atom. The highest BCUT2D eigenvalue weighted by molar-refractivity contribution is 5.81. The van der Waals surface area contributed by atoms with E-state index in [-0.39, 0.29) is 12.8 Å². The lowest BCUT2D eigenvalue weighted by Gasteiger charge is -2.12. The van der Waals surface area contributed by atoms with E-state index < -0.39 is 24.2 Å². The molecule has 0 rings (SSSR count). The van der Waals surface area contributed by atoms with Crippen LogP contribution in [0.4, 0.5) is 0 Å². The Kier molecular flexibility index (Phi) is 6.58. The van der Waals surface area contributed by atoms with Gasteiger partial charge in [-0.05, 0) is 0 Å². The van der Waals surface area contributed by atoms with Crippen molar-refractivity contribution in [3.8, 4) is 0 Å². The van der Waals surface area contributed by atoms with E-state index in [0.717, 1.165) is 6.08 Å². The summed E-state index contributed by atoms with van der Waals surface area (Å²) < 4.78 is 13.6. The van der Waals surface area contributed by atoms with Crippen LogP contribution in [0.2, 0.25) is 0 Å². The zero-order valence-electron chi connectivity index (χ0n) is 9.23. The summed E-state index contributed by atoms with van der Waals surface area (Å²) >= 11 is 0. The molecular weight excluding hydrogens is 216 g/mol. The molecule has 0 aliphatic rings. The first-order valence-electron chi connectivity index (χ1n) is 4.59. The van der Waals surface area contributed by atoms with Gasteiger partial charge in [0.15, 0.2) is 0 Å². The molecule has 1 unspecified atom stereocenters. The van der Waals surface area contributed by atoms with E-state index in [9.17, 15) is 14.4 Å². The van der Waals surface area contributed by atoms with Gasteiger partial charge in [0.1, 0.15) is 0 Å². The van der Waals surface area contributed by atoms with Crippen molar-refractivity contribution in [3.05, 3.63) is 12.7 Å². The molecule has 0 aliphatic heterocycles.